The second kappa shape index (κ2) is 13.8. The lowest BCUT2D eigenvalue weighted by molar-refractivity contribution is -0.148. The minimum Gasteiger partial charge on any atom is -0.444 e. The van der Waals surface area contributed by atoms with Crippen molar-refractivity contribution in [2.75, 3.05) is 6.54 Å². The smallest absolute Gasteiger partial charge is 0.408 e. The lowest BCUT2D eigenvalue weighted by Gasteiger charge is -2.43. The van der Waals surface area contributed by atoms with E-state index in [0.717, 1.165) is 19.3 Å². The van der Waals surface area contributed by atoms with E-state index in [-0.39, 0.29) is 18.7 Å². The van der Waals surface area contributed by atoms with Gasteiger partial charge in [0.1, 0.15) is 17.7 Å². The van der Waals surface area contributed by atoms with Gasteiger partial charge in [-0.1, -0.05) is 50.1 Å². The molecule has 9 heteroatoms. The number of benzene rings is 1. The molecule has 1 aromatic rings. The van der Waals surface area contributed by atoms with E-state index in [1.165, 1.54) is 4.90 Å². The van der Waals surface area contributed by atoms with Crippen molar-refractivity contribution in [2.24, 2.45) is 5.73 Å². The highest BCUT2D eigenvalue weighted by Gasteiger charge is 2.41. The third-order valence-corrected chi connectivity index (χ3v) is 5.33. The summed E-state index contributed by atoms with van der Waals surface area (Å²) in [6, 6.07) is 6.97. The van der Waals surface area contributed by atoms with Crippen molar-refractivity contribution in [3.8, 4) is 0 Å². The van der Waals surface area contributed by atoms with Crippen molar-refractivity contribution in [2.45, 2.75) is 104 Å². The number of nitrogens with zero attached hydrogens (tertiary/aromatic N) is 1. The molecule has 1 rings (SSSR count). The van der Waals surface area contributed by atoms with Crippen LogP contribution >= 0.6 is 0 Å². The summed E-state index contributed by atoms with van der Waals surface area (Å²) in [6.07, 6.45) is 1.88. The first-order valence-electron chi connectivity index (χ1n) is 12.6. The first kappa shape index (κ1) is 30.9. The van der Waals surface area contributed by atoms with Crippen LogP contribution in [0.5, 0.6) is 0 Å². The number of ether oxygens (including phenoxy) is 1. The van der Waals surface area contributed by atoms with Crippen molar-refractivity contribution in [3.63, 3.8) is 0 Å². The van der Waals surface area contributed by atoms with E-state index in [1.807, 2.05) is 39.0 Å². The van der Waals surface area contributed by atoms with Crippen molar-refractivity contribution >= 4 is 23.8 Å². The SMILES string of the molecule is CCCCCNC(=O)C(c1ccccc1)N(C(=O)C(CCC(N)=O)NC(=O)OC(C)(C)C)C(C)(C)C. The van der Waals surface area contributed by atoms with E-state index < -0.39 is 41.1 Å². The molecule has 4 N–H and O–H groups in total. The van der Waals surface area contributed by atoms with Crippen molar-refractivity contribution in [1.29, 1.82) is 0 Å². The molecule has 202 valence electrons. The average molecular weight is 505 g/mol. The van der Waals surface area contributed by atoms with E-state index in [1.54, 1.807) is 32.9 Å². The van der Waals surface area contributed by atoms with Crippen LogP contribution in [0, 0.1) is 0 Å². The average Bonchev–Trinajstić information content (AvgIpc) is 2.75. The number of primary amides is 1. The van der Waals surface area contributed by atoms with Crippen LogP contribution < -0.4 is 16.4 Å². The fourth-order valence-corrected chi connectivity index (χ4v) is 3.74. The van der Waals surface area contributed by atoms with E-state index in [9.17, 15) is 19.2 Å². The van der Waals surface area contributed by atoms with Crippen LogP contribution in [0.1, 0.15) is 92.2 Å². The number of carbonyl (C=O) groups excluding carboxylic acids is 4. The topological polar surface area (TPSA) is 131 Å². The predicted molar refractivity (Wildman–Crippen MR) is 140 cm³/mol. The molecular formula is C27H44N4O5. The summed E-state index contributed by atoms with van der Waals surface area (Å²) in [7, 11) is 0. The largest absolute Gasteiger partial charge is 0.444 e. The molecule has 2 atom stereocenters. The molecular weight excluding hydrogens is 460 g/mol. The Kier molecular flexibility index (Phi) is 11.9. The molecule has 0 saturated heterocycles. The molecule has 0 aromatic heterocycles. The van der Waals surface area contributed by atoms with Gasteiger partial charge in [-0.05, 0) is 59.9 Å². The van der Waals surface area contributed by atoms with Gasteiger partial charge < -0.3 is 26.0 Å². The van der Waals surface area contributed by atoms with Crippen molar-refractivity contribution in [1.82, 2.24) is 15.5 Å². The first-order valence-corrected chi connectivity index (χ1v) is 12.6. The molecule has 2 unspecified atom stereocenters. The Labute approximate surface area is 215 Å². The van der Waals surface area contributed by atoms with Gasteiger partial charge in [-0.15, -0.1) is 0 Å². The van der Waals surface area contributed by atoms with Gasteiger partial charge in [0.05, 0.1) is 0 Å². The third kappa shape index (κ3) is 10.7. The number of hydrogen-bond donors (Lipinski definition) is 3. The summed E-state index contributed by atoms with van der Waals surface area (Å²) >= 11 is 0. The highest BCUT2D eigenvalue weighted by atomic mass is 16.6. The van der Waals surface area contributed by atoms with Crippen LogP contribution in [0.15, 0.2) is 30.3 Å². The Hall–Kier alpha value is -3.10. The van der Waals surface area contributed by atoms with Crippen LogP contribution in [0.25, 0.3) is 0 Å². The summed E-state index contributed by atoms with van der Waals surface area (Å²) in [6.45, 7) is 13.2. The van der Waals surface area contributed by atoms with Crippen molar-refractivity contribution in [3.05, 3.63) is 35.9 Å². The second-order valence-electron chi connectivity index (χ2n) is 10.9. The van der Waals surface area contributed by atoms with Gasteiger partial charge in [-0.2, -0.15) is 0 Å². The first-order chi connectivity index (χ1) is 16.7. The summed E-state index contributed by atoms with van der Waals surface area (Å²) < 4.78 is 5.34. The number of unbranched alkanes of at least 4 members (excludes halogenated alkanes) is 2. The molecule has 36 heavy (non-hydrogen) atoms. The zero-order chi connectivity index (χ0) is 27.5. The zero-order valence-corrected chi connectivity index (χ0v) is 22.8. The minimum absolute atomic E-state index is 0.0282. The molecule has 4 amide bonds. The summed E-state index contributed by atoms with van der Waals surface area (Å²) in [4.78, 5) is 53.1. The van der Waals surface area contributed by atoms with Crippen LogP contribution in [0.3, 0.4) is 0 Å². The summed E-state index contributed by atoms with van der Waals surface area (Å²) in [5.41, 5.74) is 4.39. The normalized spacial score (nSPS) is 13.3. The maximum absolute atomic E-state index is 14.0. The maximum atomic E-state index is 14.0. The zero-order valence-electron chi connectivity index (χ0n) is 22.8. The molecule has 0 bridgehead atoms. The molecule has 0 aliphatic heterocycles. The summed E-state index contributed by atoms with van der Waals surface area (Å²) in [5.74, 6) is -1.42. The molecule has 1 aromatic carbocycles. The van der Waals surface area contributed by atoms with Crippen LogP contribution in [-0.2, 0) is 19.1 Å². The standard InChI is InChI=1S/C27H44N4O5/c1-8-9-13-18-29-23(33)22(19-14-11-10-12-15-19)31(26(2,3)4)24(34)20(16-17-21(28)32)30-25(35)36-27(5,6)7/h10-12,14-15,20,22H,8-9,13,16-18H2,1-7H3,(H2,28,32)(H,29,33)(H,30,35). The molecule has 0 saturated carbocycles. The monoisotopic (exact) mass is 504 g/mol. The number of alkyl carbamates (subject to hydrolysis) is 1. The number of hydrogen-bond acceptors (Lipinski definition) is 5. The molecule has 0 radical (unpaired) electrons. The molecule has 0 aliphatic rings. The molecule has 0 spiro atoms. The number of amides is 4. The van der Waals surface area contributed by atoms with Crippen LogP contribution in [0.4, 0.5) is 4.79 Å². The van der Waals surface area contributed by atoms with E-state index >= 15 is 0 Å². The number of nitrogens with two attached hydrogens (primary N) is 1. The van der Waals surface area contributed by atoms with E-state index in [2.05, 4.69) is 17.6 Å². The Morgan fingerprint density at radius 1 is 1.00 bits per heavy atom. The van der Waals surface area contributed by atoms with Gasteiger partial charge >= 0.3 is 6.09 Å². The predicted octanol–water partition coefficient (Wildman–Crippen LogP) is 3.82. The maximum Gasteiger partial charge on any atom is 0.408 e. The molecule has 9 nitrogen and oxygen atoms in total. The van der Waals surface area contributed by atoms with Gasteiger partial charge in [-0.25, -0.2) is 4.79 Å². The second-order valence-corrected chi connectivity index (χ2v) is 10.9. The van der Waals surface area contributed by atoms with E-state index in [4.69, 9.17) is 10.5 Å². The Bertz CT molecular complexity index is 874. The van der Waals surface area contributed by atoms with Gasteiger partial charge in [0.15, 0.2) is 0 Å². The van der Waals surface area contributed by atoms with Gasteiger partial charge in [0.2, 0.25) is 17.7 Å². The van der Waals surface area contributed by atoms with Crippen LogP contribution in [0.2, 0.25) is 0 Å². The lowest BCUT2D eigenvalue weighted by Crippen LogP contribution is -2.58. The quantitative estimate of drug-likeness (QED) is 0.373. The number of nitrogens with one attached hydrogen (secondary N) is 2. The van der Waals surface area contributed by atoms with Crippen LogP contribution in [-0.4, -0.2) is 52.4 Å². The molecule has 0 fully saturated rings. The van der Waals surface area contributed by atoms with Gasteiger partial charge in [-0.3, -0.25) is 14.4 Å². The fraction of sp³-hybridized carbons (Fsp3) is 0.630. The lowest BCUT2D eigenvalue weighted by atomic mass is 9.94. The minimum atomic E-state index is -1.12. The highest BCUT2D eigenvalue weighted by molar-refractivity contribution is 5.93. The fourth-order valence-electron chi connectivity index (χ4n) is 3.74. The third-order valence-electron chi connectivity index (χ3n) is 5.33. The highest BCUT2D eigenvalue weighted by Crippen LogP contribution is 2.30. The Morgan fingerprint density at radius 2 is 1.61 bits per heavy atom. The Balaban J connectivity index is 3.43. The summed E-state index contributed by atoms with van der Waals surface area (Å²) in [5, 5.41) is 5.56. The van der Waals surface area contributed by atoms with Gasteiger partial charge in [0, 0.05) is 18.5 Å². The number of carbonyl (C=O) groups is 4. The van der Waals surface area contributed by atoms with Crippen molar-refractivity contribution < 1.29 is 23.9 Å². The van der Waals surface area contributed by atoms with Gasteiger partial charge in [0.25, 0.3) is 0 Å². The number of rotatable bonds is 12. The molecule has 0 aliphatic carbocycles. The Morgan fingerprint density at radius 3 is 2.11 bits per heavy atom. The van der Waals surface area contributed by atoms with E-state index in [0.29, 0.717) is 12.1 Å². The molecule has 0 heterocycles.